The molecule has 0 aliphatic carbocycles. The Morgan fingerprint density at radius 1 is 1.25 bits per heavy atom. The van der Waals surface area contributed by atoms with Crippen molar-refractivity contribution in [1.29, 1.82) is 0 Å². The molecule has 0 radical (unpaired) electrons. The number of hydrogen-bond donors (Lipinski definition) is 0. The van der Waals surface area contributed by atoms with E-state index in [0.29, 0.717) is 13.1 Å². The van der Waals surface area contributed by atoms with Gasteiger partial charge in [-0.15, -0.1) is 0 Å². The number of piperazine rings is 1. The van der Waals surface area contributed by atoms with E-state index in [1.807, 2.05) is 13.1 Å². The molecule has 128 valence electrons. The first-order valence-electron chi connectivity index (χ1n) is 7.99. The second-order valence-corrected chi connectivity index (χ2v) is 6.31. The van der Waals surface area contributed by atoms with Crippen LogP contribution >= 0.6 is 11.6 Å². The van der Waals surface area contributed by atoms with E-state index in [-0.39, 0.29) is 16.5 Å². The van der Waals surface area contributed by atoms with E-state index in [9.17, 15) is 9.18 Å². The van der Waals surface area contributed by atoms with Gasteiger partial charge in [0, 0.05) is 51.7 Å². The summed E-state index contributed by atoms with van der Waals surface area (Å²) in [6.07, 6.45) is 3.76. The maximum atomic E-state index is 13.9. The number of halogens is 2. The molecule has 5 nitrogen and oxygen atoms in total. The number of imidazole rings is 1. The Balaban J connectivity index is 1.55. The minimum absolute atomic E-state index is 0.0262. The first-order chi connectivity index (χ1) is 11.6. The highest BCUT2D eigenvalue weighted by molar-refractivity contribution is 6.33. The molecule has 1 saturated heterocycles. The molecule has 3 rings (SSSR count). The largest absolute Gasteiger partial charge is 0.336 e. The predicted octanol–water partition coefficient (Wildman–Crippen LogP) is 2.44. The van der Waals surface area contributed by atoms with Crippen LogP contribution in [0.25, 0.3) is 0 Å². The van der Waals surface area contributed by atoms with E-state index >= 15 is 0 Å². The summed E-state index contributed by atoms with van der Waals surface area (Å²) in [5.41, 5.74) is -0.0262. The molecule has 0 spiro atoms. The molecule has 7 heteroatoms. The third kappa shape index (κ3) is 3.60. The molecular formula is C17H20ClFN4O. The van der Waals surface area contributed by atoms with Crippen molar-refractivity contribution < 1.29 is 9.18 Å². The lowest BCUT2D eigenvalue weighted by Crippen LogP contribution is -2.49. The Hall–Kier alpha value is -1.92. The van der Waals surface area contributed by atoms with Crippen LogP contribution in [-0.4, -0.2) is 58.0 Å². The van der Waals surface area contributed by atoms with Gasteiger partial charge >= 0.3 is 0 Å². The molecule has 1 aromatic carbocycles. The third-order valence-corrected chi connectivity index (χ3v) is 4.73. The Morgan fingerprint density at radius 3 is 2.62 bits per heavy atom. The molecule has 0 unspecified atom stereocenters. The number of aryl methyl sites for hydroxylation is 1. The molecule has 1 amide bonds. The van der Waals surface area contributed by atoms with Crippen LogP contribution < -0.4 is 0 Å². The van der Waals surface area contributed by atoms with Gasteiger partial charge in [-0.25, -0.2) is 9.37 Å². The van der Waals surface area contributed by atoms with E-state index < -0.39 is 5.82 Å². The summed E-state index contributed by atoms with van der Waals surface area (Å²) in [4.78, 5) is 20.7. The molecule has 2 heterocycles. The van der Waals surface area contributed by atoms with E-state index in [4.69, 9.17) is 11.6 Å². The molecule has 0 bridgehead atoms. The molecule has 1 aliphatic heterocycles. The summed E-state index contributed by atoms with van der Waals surface area (Å²) in [5.74, 6) is 0.103. The van der Waals surface area contributed by atoms with Gasteiger partial charge in [0.25, 0.3) is 5.91 Å². The lowest BCUT2D eigenvalue weighted by Gasteiger charge is -2.35. The molecule has 24 heavy (non-hydrogen) atoms. The minimum atomic E-state index is -0.564. The zero-order chi connectivity index (χ0) is 17.1. The second kappa shape index (κ2) is 7.32. The standard InChI is InChI=1S/C17H20ClFN4O/c1-13-20-5-6-22(13)10-7-21-8-11-23(12-9-21)17(24)16-14(18)3-2-4-15(16)19/h2-6H,7-12H2,1H3. The highest BCUT2D eigenvalue weighted by atomic mass is 35.5. The van der Waals surface area contributed by atoms with Crippen molar-refractivity contribution in [1.82, 2.24) is 19.4 Å². The molecule has 2 aromatic rings. The number of carbonyl (C=O) groups excluding carboxylic acids is 1. The molecule has 0 N–H and O–H groups in total. The highest BCUT2D eigenvalue weighted by Crippen LogP contribution is 2.21. The van der Waals surface area contributed by atoms with Crippen LogP contribution in [0.1, 0.15) is 16.2 Å². The molecule has 1 fully saturated rings. The van der Waals surface area contributed by atoms with E-state index in [1.165, 1.54) is 12.1 Å². The maximum absolute atomic E-state index is 13.9. The van der Waals surface area contributed by atoms with Gasteiger partial charge in [0.1, 0.15) is 11.6 Å². The Bertz CT molecular complexity index is 705. The van der Waals surface area contributed by atoms with Crippen LogP contribution in [-0.2, 0) is 6.54 Å². The van der Waals surface area contributed by atoms with Crippen molar-refractivity contribution in [2.75, 3.05) is 32.7 Å². The van der Waals surface area contributed by atoms with Crippen LogP contribution in [0.2, 0.25) is 5.02 Å². The van der Waals surface area contributed by atoms with Crippen molar-refractivity contribution in [3.8, 4) is 0 Å². The van der Waals surface area contributed by atoms with Gasteiger partial charge in [0.15, 0.2) is 0 Å². The fourth-order valence-electron chi connectivity index (χ4n) is 2.92. The quantitative estimate of drug-likeness (QED) is 0.850. The molecule has 1 aliphatic rings. The smallest absolute Gasteiger partial charge is 0.258 e. The van der Waals surface area contributed by atoms with Crippen molar-refractivity contribution >= 4 is 17.5 Å². The summed E-state index contributed by atoms with van der Waals surface area (Å²) < 4.78 is 16.0. The zero-order valence-electron chi connectivity index (χ0n) is 13.6. The normalized spacial score (nSPS) is 15.7. The molecule has 0 saturated carbocycles. The number of rotatable bonds is 4. The van der Waals surface area contributed by atoms with Crippen molar-refractivity contribution in [2.45, 2.75) is 13.5 Å². The van der Waals surface area contributed by atoms with Crippen molar-refractivity contribution in [3.63, 3.8) is 0 Å². The van der Waals surface area contributed by atoms with Gasteiger partial charge in [0.05, 0.1) is 10.6 Å². The van der Waals surface area contributed by atoms with Gasteiger partial charge in [-0.1, -0.05) is 17.7 Å². The van der Waals surface area contributed by atoms with Crippen LogP contribution in [0.4, 0.5) is 4.39 Å². The first kappa shape index (κ1) is 16.9. The number of amides is 1. The summed E-state index contributed by atoms with van der Waals surface area (Å²) in [5, 5.41) is 0.165. The lowest BCUT2D eigenvalue weighted by atomic mass is 10.1. The van der Waals surface area contributed by atoms with Gasteiger partial charge in [0.2, 0.25) is 0 Å². The van der Waals surface area contributed by atoms with Gasteiger partial charge in [-0.3, -0.25) is 9.69 Å². The van der Waals surface area contributed by atoms with Gasteiger partial charge < -0.3 is 9.47 Å². The topological polar surface area (TPSA) is 41.4 Å². The molecular weight excluding hydrogens is 331 g/mol. The Morgan fingerprint density at radius 2 is 2.00 bits per heavy atom. The Kier molecular flexibility index (Phi) is 5.16. The van der Waals surface area contributed by atoms with Gasteiger partial charge in [-0.2, -0.15) is 0 Å². The van der Waals surface area contributed by atoms with Crippen molar-refractivity contribution in [3.05, 3.63) is 52.8 Å². The highest BCUT2D eigenvalue weighted by Gasteiger charge is 2.25. The van der Waals surface area contributed by atoms with Gasteiger partial charge in [-0.05, 0) is 19.1 Å². The third-order valence-electron chi connectivity index (χ3n) is 4.42. The van der Waals surface area contributed by atoms with E-state index in [1.54, 1.807) is 17.2 Å². The monoisotopic (exact) mass is 350 g/mol. The minimum Gasteiger partial charge on any atom is -0.336 e. The average molecular weight is 351 g/mol. The second-order valence-electron chi connectivity index (χ2n) is 5.90. The number of aromatic nitrogens is 2. The summed E-state index contributed by atoms with van der Waals surface area (Å²) in [7, 11) is 0. The predicted molar refractivity (Wildman–Crippen MR) is 90.7 cm³/mol. The summed E-state index contributed by atoms with van der Waals surface area (Å²) >= 11 is 5.99. The molecule has 1 aromatic heterocycles. The SMILES string of the molecule is Cc1nccn1CCN1CCN(C(=O)c2c(F)cccc2Cl)CC1. The lowest BCUT2D eigenvalue weighted by molar-refractivity contribution is 0.0628. The van der Waals surface area contributed by atoms with Crippen molar-refractivity contribution in [2.24, 2.45) is 0 Å². The van der Waals surface area contributed by atoms with E-state index in [0.717, 1.165) is 32.0 Å². The fraction of sp³-hybridized carbons (Fsp3) is 0.412. The summed E-state index contributed by atoms with van der Waals surface area (Å²) in [6, 6.07) is 4.31. The number of nitrogens with zero attached hydrogens (tertiary/aromatic N) is 4. The fourth-order valence-corrected chi connectivity index (χ4v) is 3.17. The maximum Gasteiger partial charge on any atom is 0.258 e. The Labute approximate surface area is 145 Å². The first-order valence-corrected chi connectivity index (χ1v) is 8.37. The number of hydrogen-bond acceptors (Lipinski definition) is 3. The van der Waals surface area contributed by atoms with E-state index in [2.05, 4.69) is 14.5 Å². The van der Waals surface area contributed by atoms with Crippen LogP contribution in [0.3, 0.4) is 0 Å². The summed E-state index contributed by atoms with van der Waals surface area (Å²) in [6.45, 7) is 6.45. The number of carbonyl (C=O) groups is 1. The van der Waals surface area contributed by atoms with Crippen LogP contribution in [0, 0.1) is 12.7 Å². The number of benzene rings is 1. The van der Waals surface area contributed by atoms with Crippen LogP contribution in [0.5, 0.6) is 0 Å². The van der Waals surface area contributed by atoms with Crippen LogP contribution in [0.15, 0.2) is 30.6 Å². The molecule has 0 atom stereocenters. The zero-order valence-corrected chi connectivity index (χ0v) is 14.3. The average Bonchev–Trinajstić information content (AvgIpc) is 2.98.